The zero-order chi connectivity index (χ0) is 17.2. The molecule has 1 saturated carbocycles. The number of piperidine rings is 1. The Labute approximate surface area is 151 Å². The summed E-state index contributed by atoms with van der Waals surface area (Å²) >= 11 is 0. The standard InChI is InChI=1S/C22H31NO2/c1-23-13-11-19(12-14-23)25-22(24)21-10-8-18-15-17(7-9-20(18)21)16-5-3-2-4-6-16/h7,9,15-16,19,21H,2-6,8,10-14H2,1H3. The van der Waals surface area contributed by atoms with Crippen LogP contribution in [0, 0.1) is 0 Å². The van der Waals surface area contributed by atoms with Crippen molar-refractivity contribution in [2.45, 2.75) is 75.7 Å². The molecule has 1 atom stereocenters. The fraction of sp³-hybridized carbons (Fsp3) is 0.682. The van der Waals surface area contributed by atoms with Crippen LogP contribution in [-0.4, -0.2) is 37.1 Å². The molecule has 1 aromatic carbocycles. The largest absolute Gasteiger partial charge is 0.462 e. The van der Waals surface area contributed by atoms with E-state index in [4.69, 9.17) is 4.74 Å². The van der Waals surface area contributed by atoms with Crippen LogP contribution in [0.4, 0.5) is 0 Å². The zero-order valence-electron chi connectivity index (χ0n) is 15.5. The first-order valence-electron chi connectivity index (χ1n) is 10.2. The average Bonchev–Trinajstić information content (AvgIpc) is 3.07. The summed E-state index contributed by atoms with van der Waals surface area (Å²) in [5.74, 6) is 0.720. The predicted octanol–water partition coefficient (Wildman–Crippen LogP) is 4.40. The average molecular weight is 341 g/mol. The van der Waals surface area contributed by atoms with E-state index < -0.39 is 0 Å². The summed E-state index contributed by atoms with van der Waals surface area (Å²) in [6, 6.07) is 6.91. The van der Waals surface area contributed by atoms with Crippen molar-refractivity contribution >= 4 is 5.97 Å². The highest BCUT2D eigenvalue weighted by molar-refractivity contribution is 5.80. The lowest BCUT2D eigenvalue weighted by Gasteiger charge is -2.29. The summed E-state index contributed by atoms with van der Waals surface area (Å²) in [5.41, 5.74) is 4.13. The van der Waals surface area contributed by atoms with Gasteiger partial charge in [0.1, 0.15) is 6.10 Å². The van der Waals surface area contributed by atoms with Crippen molar-refractivity contribution in [3.63, 3.8) is 0 Å². The topological polar surface area (TPSA) is 29.5 Å². The number of aryl methyl sites for hydroxylation is 1. The van der Waals surface area contributed by atoms with Gasteiger partial charge < -0.3 is 9.64 Å². The van der Waals surface area contributed by atoms with Crippen molar-refractivity contribution in [3.8, 4) is 0 Å². The van der Waals surface area contributed by atoms with Crippen molar-refractivity contribution in [3.05, 3.63) is 34.9 Å². The fourth-order valence-corrected chi connectivity index (χ4v) is 4.92. The Morgan fingerprint density at radius 1 is 1.04 bits per heavy atom. The molecule has 3 nitrogen and oxygen atoms in total. The van der Waals surface area contributed by atoms with Crippen LogP contribution in [0.1, 0.15) is 79.9 Å². The first kappa shape index (κ1) is 17.1. The van der Waals surface area contributed by atoms with E-state index in [1.807, 2.05) is 0 Å². The van der Waals surface area contributed by atoms with Crippen LogP contribution in [0.5, 0.6) is 0 Å². The number of rotatable bonds is 3. The van der Waals surface area contributed by atoms with Gasteiger partial charge in [0.2, 0.25) is 0 Å². The van der Waals surface area contributed by atoms with Gasteiger partial charge in [-0.2, -0.15) is 0 Å². The van der Waals surface area contributed by atoms with E-state index in [0.29, 0.717) is 0 Å². The molecule has 1 unspecified atom stereocenters. The van der Waals surface area contributed by atoms with Crippen molar-refractivity contribution in [1.82, 2.24) is 4.90 Å². The van der Waals surface area contributed by atoms with E-state index in [-0.39, 0.29) is 18.0 Å². The molecule has 0 spiro atoms. The molecule has 2 aliphatic carbocycles. The Morgan fingerprint density at radius 3 is 2.56 bits per heavy atom. The van der Waals surface area contributed by atoms with Crippen LogP contribution < -0.4 is 0 Å². The number of hydrogen-bond acceptors (Lipinski definition) is 3. The molecule has 0 aromatic heterocycles. The summed E-state index contributed by atoms with van der Waals surface area (Å²) < 4.78 is 5.86. The number of carbonyl (C=O) groups is 1. The number of likely N-dealkylation sites (tertiary alicyclic amines) is 1. The molecular weight excluding hydrogens is 310 g/mol. The van der Waals surface area contributed by atoms with E-state index in [1.54, 1.807) is 0 Å². The minimum Gasteiger partial charge on any atom is -0.462 e. The van der Waals surface area contributed by atoms with Crippen molar-refractivity contribution in [2.24, 2.45) is 0 Å². The minimum atomic E-state index is -0.0324. The maximum atomic E-state index is 12.7. The van der Waals surface area contributed by atoms with Crippen LogP contribution >= 0.6 is 0 Å². The first-order valence-corrected chi connectivity index (χ1v) is 10.2. The molecular formula is C22H31NO2. The number of fused-ring (bicyclic) bond motifs is 1. The normalized spacial score (nSPS) is 25.7. The monoisotopic (exact) mass is 341 g/mol. The second kappa shape index (κ2) is 7.49. The molecule has 1 saturated heterocycles. The van der Waals surface area contributed by atoms with Crippen LogP contribution in [0.25, 0.3) is 0 Å². The second-order valence-electron chi connectivity index (χ2n) is 8.32. The Bertz CT molecular complexity index is 612. The SMILES string of the molecule is CN1CCC(OC(=O)C2CCc3cc(C4CCCCC4)ccc32)CC1. The van der Waals surface area contributed by atoms with Crippen LogP contribution in [0.3, 0.4) is 0 Å². The molecule has 0 N–H and O–H groups in total. The van der Waals surface area contributed by atoms with Gasteiger partial charge >= 0.3 is 5.97 Å². The fourth-order valence-electron chi connectivity index (χ4n) is 4.92. The van der Waals surface area contributed by atoms with Crippen LogP contribution in [0.2, 0.25) is 0 Å². The third kappa shape index (κ3) is 3.76. The number of ether oxygens (including phenoxy) is 1. The summed E-state index contributed by atoms with van der Waals surface area (Å²) in [7, 11) is 2.13. The van der Waals surface area contributed by atoms with Crippen LogP contribution in [-0.2, 0) is 16.0 Å². The van der Waals surface area contributed by atoms with Gasteiger partial charge in [-0.1, -0.05) is 37.5 Å². The molecule has 3 aliphatic rings. The second-order valence-corrected chi connectivity index (χ2v) is 8.32. The molecule has 3 heteroatoms. The highest BCUT2D eigenvalue weighted by Gasteiger charge is 2.32. The van der Waals surface area contributed by atoms with Crippen molar-refractivity contribution in [2.75, 3.05) is 20.1 Å². The molecule has 0 radical (unpaired) electrons. The molecule has 0 bridgehead atoms. The lowest BCUT2D eigenvalue weighted by atomic mass is 9.83. The molecule has 4 rings (SSSR count). The quantitative estimate of drug-likeness (QED) is 0.763. The summed E-state index contributed by atoms with van der Waals surface area (Å²) in [5, 5.41) is 0. The van der Waals surface area contributed by atoms with Gasteiger partial charge in [-0.3, -0.25) is 4.79 Å². The summed E-state index contributed by atoms with van der Waals surface area (Å²) in [6.45, 7) is 2.06. The van der Waals surface area contributed by atoms with Crippen molar-refractivity contribution < 1.29 is 9.53 Å². The Balaban J connectivity index is 1.41. The Kier molecular flexibility index (Phi) is 5.12. The van der Waals surface area contributed by atoms with E-state index in [0.717, 1.165) is 44.7 Å². The van der Waals surface area contributed by atoms with Gasteiger partial charge in [0, 0.05) is 13.1 Å². The minimum absolute atomic E-state index is 0.0127. The maximum absolute atomic E-state index is 12.7. The number of nitrogens with zero attached hydrogens (tertiary/aromatic N) is 1. The summed E-state index contributed by atoms with van der Waals surface area (Å²) in [6.07, 6.45) is 10.8. The molecule has 2 fully saturated rings. The van der Waals surface area contributed by atoms with E-state index in [1.165, 1.54) is 48.8 Å². The molecule has 1 aromatic rings. The summed E-state index contributed by atoms with van der Waals surface area (Å²) in [4.78, 5) is 15.0. The number of esters is 1. The highest BCUT2D eigenvalue weighted by Crippen LogP contribution is 2.39. The third-order valence-electron chi connectivity index (χ3n) is 6.55. The van der Waals surface area contributed by atoms with Gasteiger partial charge in [-0.25, -0.2) is 0 Å². The van der Waals surface area contributed by atoms with Gasteiger partial charge in [-0.05, 0) is 68.2 Å². The third-order valence-corrected chi connectivity index (χ3v) is 6.55. The molecule has 136 valence electrons. The van der Waals surface area contributed by atoms with Crippen molar-refractivity contribution in [1.29, 1.82) is 0 Å². The lowest BCUT2D eigenvalue weighted by molar-refractivity contribution is -0.152. The smallest absolute Gasteiger partial charge is 0.313 e. The van der Waals surface area contributed by atoms with Crippen LogP contribution in [0.15, 0.2) is 18.2 Å². The zero-order valence-corrected chi connectivity index (χ0v) is 15.5. The van der Waals surface area contributed by atoms with E-state index >= 15 is 0 Å². The predicted molar refractivity (Wildman–Crippen MR) is 99.9 cm³/mol. The van der Waals surface area contributed by atoms with E-state index in [2.05, 4.69) is 30.1 Å². The van der Waals surface area contributed by atoms with Gasteiger partial charge in [0.05, 0.1) is 5.92 Å². The van der Waals surface area contributed by atoms with Gasteiger partial charge in [-0.15, -0.1) is 0 Å². The van der Waals surface area contributed by atoms with E-state index in [9.17, 15) is 4.79 Å². The van der Waals surface area contributed by atoms with Gasteiger partial charge in [0.15, 0.2) is 0 Å². The highest BCUT2D eigenvalue weighted by atomic mass is 16.5. The molecule has 0 amide bonds. The molecule has 1 heterocycles. The lowest BCUT2D eigenvalue weighted by Crippen LogP contribution is -2.36. The number of carbonyl (C=O) groups excluding carboxylic acids is 1. The molecule has 1 aliphatic heterocycles. The Morgan fingerprint density at radius 2 is 1.80 bits per heavy atom. The van der Waals surface area contributed by atoms with Gasteiger partial charge in [0.25, 0.3) is 0 Å². The number of benzene rings is 1. The maximum Gasteiger partial charge on any atom is 0.313 e. The molecule has 25 heavy (non-hydrogen) atoms. The first-order chi connectivity index (χ1) is 12.2. The Hall–Kier alpha value is -1.35. The number of hydrogen-bond donors (Lipinski definition) is 0.